The summed E-state index contributed by atoms with van der Waals surface area (Å²) < 4.78 is 24.7. The van der Waals surface area contributed by atoms with Gasteiger partial charge in [0, 0.05) is 38.0 Å². The van der Waals surface area contributed by atoms with Crippen LogP contribution in [0.25, 0.3) is 0 Å². The van der Waals surface area contributed by atoms with Crippen LogP contribution >= 0.6 is 0 Å². The highest BCUT2D eigenvalue weighted by atomic mass is 19.1. The molecule has 2 fully saturated rings. The predicted octanol–water partition coefficient (Wildman–Crippen LogP) is 0.807. The number of likely N-dealkylation sites (tertiary alicyclic amines) is 1. The van der Waals surface area contributed by atoms with Crippen LogP contribution in [0, 0.1) is 5.82 Å². The Morgan fingerprint density at radius 1 is 1.17 bits per heavy atom. The maximum atomic E-state index is 13.5. The summed E-state index contributed by atoms with van der Waals surface area (Å²) in [5.41, 5.74) is 0.346. The monoisotopic (exact) mass is 322 g/mol. The molecule has 1 aromatic rings. The molecular weight excluding hydrogens is 303 g/mol. The third kappa shape index (κ3) is 3.51. The van der Waals surface area contributed by atoms with Crippen LogP contribution in [-0.2, 0) is 25.6 Å². The highest BCUT2D eigenvalue weighted by Gasteiger charge is 2.41. The van der Waals surface area contributed by atoms with Crippen LogP contribution in [0.5, 0.6) is 0 Å². The zero-order valence-electron chi connectivity index (χ0n) is 12.7. The first-order valence-electron chi connectivity index (χ1n) is 7.68. The van der Waals surface area contributed by atoms with E-state index in [9.17, 15) is 14.0 Å². The van der Waals surface area contributed by atoms with E-state index >= 15 is 0 Å². The second-order valence-corrected chi connectivity index (χ2v) is 5.67. The van der Waals surface area contributed by atoms with Crippen LogP contribution in [0.2, 0.25) is 0 Å². The van der Waals surface area contributed by atoms with Crippen LogP contribution in [0.1, 0.15) is 18.4 Å². The number of amides is 2. The van der Waals surface area contributed by atoms with Crippen LogP contribution in [0.15, 0.2) is 24.3 Å². The first-order valence-corrected chi connectivity index (χ1v) is 7.68. The minimum absolute atomic E-state index is 0.0127. The lowest BCUT2D eigenvalue weighted by Crippen LogP contribution is -2.51. The minimum atomic E-state index is -0.725. The van der Waals surface area contributed by atoms with Gasteiger partial charge >= 0.3 is 11.8 Å². The SMILES string of the molecule is O=C(NCc1ccccc1F)C(=O)N1CCC2(CC1)OCCO2. The fourth-order valence-electron chi connectivity index (χ4n) is 2.87. The topological polar surface area (TPSA) is 67.9 Å². The number of piperidine rings is 1. The summed E-state index contributed by atoms with van der Waals surface area (Å²) in [5, 5.41) is 2.47. The van der Waals surface area contributed by atoms with Crippen molar-refractivity contribution in [3.05, 3.63) is 35.6 Å². The number of nitrogens with zero attached hydrogens (tertiary/aromatic N) is 1. The Balaban J connectivity index is 1.50. The Kier molecular flexibility index (Phi) is 4.58. The van der Waals surface area contributed by atoms with Crippen LogP contribution < -0.4 is 5.32 Å². The number of hydrogen-bond acceptors (Lipinski definition) is 4. The van der Waals surface area contributed by atoms with Crippen molar-refractivity contribution in [1.29, 1.82) is 0 Å². The molecule has 2 saturated heterocycles. The van der Waals surface area contributed by atoms with E-state index in [4.69, 9.17) is 9.47 Å². The maximum Gasteiger partial charge on any atom is 0.311 e. The smallest absolute Gasteiger partial charge is 0.311 e. The first kappa shape index (κ1) is 15.9. The van der Waals surface area contributed by atoms with Gasteiger partial charge in [-0.05, 0) is 6.07 Å². The van der Waals surface area contributed by atoms with Gasteiger partial charge in [0.25, 0.3) is 0 Å². The van der Waals surface area contributed by atoms with Crippen molar-refractivity contribution >= 4 is 11.8 Å². The number of carbonyl (C=O) groups is 2. The van der Waals surface area contributed by atoms with E-state index < -0.39 is 23.4 Å². The van der Waals surface area contributed by atoms with E-state index in [-0.39, 0.29) is 6.54 Å². The molecule has 0 saturated carbocycles. The molecule has 1 spiro atoms. The van der Waals surface area contributed by atoms with Gasteiger partial charge in [0.05, 0.1) is 13.2 Å². The molecule has 0 aliphatic carbocycles. The summed E-state index contributed by atoms with van der Waals surface area (Å²) in [6, 6.07) is 6.13. The Labute approximate surface area is 133 Å². The molecule has 23 heavy (non-hydrogen) atoms. The number of benzene rings is 1. The van der Waals surface area contributed by atoms with Gasteiger partial charge in [0.1, 0.15) is 5.82 Å². The standard InChI is InChI=1S/C16H19FN2O4/c17-13-4-2-1-3-12(13)11-18-14(20)15(21)19-7-5-16(6-8-19)22-9-10-23-16/h1-4H,5-11H2,(H,18,20). The molecule has 2 heterocycles. The lowest BCUT2D eigenvalue weighted by molar-refractivity contribution is -0.188. The maximum absolute atomic E-state index is 13.5. The first-order chi connectivity index (χ1) is 11.1. The van der Waals surface area contributed by atoms with Gasteiger partial charge in [-0.2, -0.15) is 0 Å². The van der Waals surface area contributed by atoms with Gasteiger partial charge in [-0.3, -0.25) is 9.59 Å². The Morgan fingerprint density at radius 3 is 2.48 bits per heavy atom. The molecule has 0 atom stereocenters. The lowest BCUT2D eigenvalue weighted by atomic mass is 10.0. The second kappa shape index (κ2) is 6.64. The quantitative estimate of drug-likeness (QED) is 0.818. The molecule has 7 heteroatoms. The van der Waals surface area contributed by atoms with E-state index in [2.05, 4.69) is 5.32 Å². The molecule has 2 aliphatic heterocycles. The number of nitrogens with one attached hydrogen (secondary N) is 1. The fraction of sp³-hybridized carbons (Fsp3) is 0.500. The zero-order chi connectivity index (χ0) is 16.3. The third-order valence-electron chi connectivity index (χ3n) is 4.22. The molecule has 0 aromatic heterocycles. The molecule has 124 valence electrons. The summed E-state index contributed by atoms with van der Waals surface area (Å²) >= 11 is 0. The molecule has 0 bridgehead atoms. The van der Waals surface area contributed by atoms with Crippen molar-refractivity contribution < 1.29 is 23.5 Å². The molecule has 2 amide bonds. The second-order valence-electron chi connectivity index (χ2n) is 5.67. The average Bonchev–Trinajstić information content (AvgIpc) is 3.02. The van der Waals surface area contributed by atoms with Crippen molar-refractivity contribution in [2.24, 2.45) is 0 Å². The van der Waals surface area contributed by atoms with Crippen molar-refractivity contribution in [2.75, 3.05) is 26.3 Å². The van der Waals surface area contributed by atoms with Crippen molar-refractivity contribution in [3.63, 3.8) is 0 Å². The van der Waals surface area contributed by atoms with Crippen LogP contribution in [-0.4, -0.2) is 48.8 Å². The number of carbonyl (C=O) groups excluding carboxylic acids is 2. The number of hydrogen-bond donors (Lipinski definition) is 1. The van der Waals surface area contributed by atoms with Crippen LogP contribution in [0.4, 0.5) is 4.39 Å². The van der Waals surface area contributed by atoms with Gasteiger partial charge in [0.2, 0.25) is 0 Å². The predicted molar refractivity (Wildman–Crippen MR) is 78.7 cm³/mol. The van der Waals surface area contributed by atoms with Gasteiger partial charge in [-0.15, -0.1) is 0 Å². The Hall–Kier alpha value is -1.99. The van der Waals surface area contributed by atoms with E-state index in [1.807, 2.05) is 0 Å². The molecule has 0 radical (unpaired) electrons. The third-order valence-corrected chi connectivity index (χ3v) is 4.22. The molecule has 3 rings (SSSR count). The Morgan fingerprint density at radius 2 is 1.83 bits per heavy atom. The van der Waals surface area contributed by atoms with Gasteiger partial charge in [0.15, 0.2) is 5.79 Å². The summed E-state index contributed by atoms with van der Waals surface area (Å²) in [5.74, 6) is -2.32. The van der Waals surface area contributed by atoms with E-state index in [0.29, 0.717) is 44.7 Å². The summed E-state index contributed by atoms with van der Waals surface area (Å²) in [6.07, 6.45) is 1.11. The number of ether oxygens (including phenoxy) is 2. The van der Waals surface area contributed by atoms with Crippen molar-refractivity contribution in [2.45, 2.75) is 25.2 Å². The van der Waals surface area contributed by atoms with Gasteiger partial charge in [-0.1, -0.05) is 18.2 Å². The minimum Gasteiger partial charge on any atom is -0.347 e. The van der Waals surface area contributed by atoms with E-state index in [1.165, 1.54) is 11.0 Å². The van der Waals surface area contributed by atoms with E-state index in [1.54, 1.807) is 18.2 Å². The molecule has 2 aliphatic rings. The van der Waals surface area contributed by atoms with Gasteiger partial charge < -0.3 is 19.7 Å². The molecule has 0 unspecified atom stereocenters. The lowest BCUT2D eigenvalue weighted by Gasteiger charge is -2.37. The van der Waals surface area contributed by atoms with E-state index in [0.717, 1.165) is 0 Å². The average molecular weight is 322 g/mol. The summed E-state index contributed by atoms with van der Waals surface area (Å²) in [6.45, 7) is 1.94. The number of halogens is 1. The Bertz CT molecular complexity index is 591. The molecule has 1 aromatic carbocycles. The fourth-order valence-corrected chi connectivity index (χ4v) is 2.87. The normalized spacial score (nSPS) is 19.8. The highest BCUT2D eigenvalue weighted by molar-refractivity contribution is 6.34. The largest absolute Gasteiger partial charge is 0.347 e. The molecule has 1 N–H and O–H groups in total. The van der Waals surface area contributed by atoms with Crippen molar-refractivity contribution in [1.82, 2.24) is 10.2 Å². The molecule has 6 nitrogen and oxygen atoms in total. The van der Waals surface area contributed by atoms with Gasteiger partial charge in [-0.25, -0.2) is 4.39 Å². The molecular formula is C16H19FN2O4. The van der Waals surface area contributed by atoms with Crippen LogP contribution in [0.3, 0.4) is 0 Å². The van der Waals surface area contributed by atoms with Crippen molar-refractivity contribution in [3.8, 4) is 0 Å². The number of rotatable bonds is 2. The summed E-state index contributed by atoms with van der Waals surface area (Å²) in [7, 11) is 0. The highest BCUT2D eigenvalue weighted by Crippen LogP contribution is 2.31. The summed E-state index contributed by atoms with van der Waals surface area (Å²) in [4.78, 5) is 25.6. The zero-order valence-corrected chi connectivity index (χ0v) is 12.7.